The molecule has 0 unspecified atom stereocenters. The van der Waals surface area contributed by atoms with E-state index in [0.29, 0.717) is 6.42 Å². The fourth-order valence-corrected chi connectivity index (χ4v) is 5.89. The number of ether oxygens (including phenoxy) is 1. The van der Waals surface area contributed by atoms with Gasteiger partial charge in [0.15, 0.2) is 10.9 Å². The molecule has 0 atom stereocenters. The zero-order chi connectivity index (χ0) is 30.0. The molecule has 1 amide bonds. The van der Waals surface area contributed by atoms with Crippen LogP contribution in [0.15, 0.2) is 84.9 Å². The van der Waals surface area contributed by atoms with E-state index in [2.05, 4.69) is 68.5 Å². The number of hydrogen-bond acceptors (Lipinski definition) is 6. The molecule has 0 radical (unpaired) electrons. The van der Waals surface area contributed by atoms with E-state index < -0.39 is 17.6 Å². The predicted octanol–water partition coefficient (Wildman–Crippen LogP) is 6.70. The molecule has 6 rings (SSSR count). The Hall–Kier alpha value is -3.99. The van der Waals surface area contributed by atoms with Crippen molar-refractivity contribution in [3.8, 4) is 11.6 Å². The molecule has 3 heterocycles. The summed E-state index contributed by atoms with van der Waals surface area (Å²) < 4.78 is 46.1. The highest BCUT2D eigenvalue weighted by atomic mass is 35.5. The van der Waals surface area contributed by atoms with Crippen LogP contribution in [-0.2, 0) is 6.18 Å². The number of amides is 1. The van der Waals surface area contributed by atoms with Crippen LogP contribution in [0.1, 0.15) is 39.5 Å². The molecule has 7 nitrogen and oxygen atoms in total. The number of nitrogens with zero attached hydrogens (tertiary/aromatic N) is 5. The van der Waals surface area contributed by atoms with Gasteiger partial charge in [-0.05, 0) is 48.4 Å². The summed E-state index contributed by atoms with van der Waals surface area (Å²) in [7, 11) is 0. The average molecular weight is 608 g/mol. The highest BCUT2D eigenvalue weighted by Gasteiger charge is 2.35. The fraction of sp³-hybridized carbons (Fsp3) is 0.281. The Morgan fingerprint density at radius 2 is 1.49 bits per heavy atom. The number of piperazine rings is 1. The molecule has 0 saturated carbocycles. The second-order valence-corrected chi connectivity index (χ2v) is 11.0. The van der Waals surface area contributed by atoms with Gasteiger partial charge in [-0.1, -0.05) is 72.3 Å². The first kappa shape index (κ1) is 29.1. The summed E-state index contributed by atoms with van der Waals surface area (Å²) in [6.07, 6.45) is -3.97. The first-order chi connectivity index (χ1) is 20.8. The van der Waals surface area contributed by atoms with Crippen molar-refractivity contribution in [1.82, 2.24) is 20.0 Å². The van der Waals surface area contributed by atoms with Gasteiger partial charge in [0, 0.05) is 32.7 Å². The number of rotatable bonds is 7. The molecule has 1 saturated heterocycles. The SMILES string of the molecule is O=C1c2cc(Cl)nnc2Oc2cc(C(F)(F)F)ccc2N1CCCN1CCN(C(c2ccccc2)c2ccccc2)CC1. The van der Waals surface area contributed by atoms with Gasteiger partial charge in [-0.15, -0.1) is 10.2 Å². The Kier molecular flexibility index (Phi) is 8.34. The second kappa shape index (κ2) is 12.3. The van der Waals surface area contributed by atoms with Crippen LogP contribution >= 0.6 is 11.6 Å². The maximum atomic E-state index is 13.6. The van der Waals surface area contributed by atoms with E-state index in [1.807, 2.05) is 12.1 Å². The Bertz CT molecular complexity index is 1540. The normalized spacial score (nSPS) is 16.0. The highest BCUT2D eigenvalue weighted by molar-refractivity contribution is 6.29. The zero-order valence-electron chi connectivity index (χ0n) is 23.2. The van der Waals surface area contributed by atoms with Crippen molar-refractivity contribution in [2.45, 2.75) is 18.6 Å². The Morgan fingerprint density at radius 3 is 2.12 bits per heavy atom. The minimum Gasteiger partial charge on any atom is -0.435 e. The van der Waals surface area contributed by atoms with E-state index in [1.54, 1.807) is 0 Å². The average Bonchev–Trinajstić information content (AvgIpc) is 3.12. The fourth-order valence-electron chi connectivity index (χ4n) is 5.74. The van der Waals surface area contributed by atoms with E-state index in [-0.39, 0.29) is 40.6 Å². The number of anilines is 1. The van der Waals surface area contributed by atoms with Gasteiger partial charge >= 0.3 is 6.18 Å². The second-order valence-electron chi connectivity index (χ2n) is 10.6. The molecule has 2 aliphatic rings. The van der Waals surface area contributed by atoms with E-state index in [9.17, 15) is 18.0 Å². The largest absolute Gasteiger partial charge is 0.435 e. The monoisotopic (exact) mass is 607 g/mol. The van der Waals surface area contributed by atoms with Crippen LogP contribution in [0.5, 0.6) is 11.6 Å². The van der Waals surface area contributed by atoms with Crippen LogP contribution in [0.3, 0.4) is 0 Å². The minimum absolute atomic E-state index is 0.0141. The van der Waals surface area contributed by atoms with Crippen LogP contribution in [0.25, 0.3) is 0 Å². The number of carbonyl (C=O) groups is 1. The summed E-state index contributed by atoms with van der Waals surface area (Å²) >= 11 is 6.00. The number of alkyl halides is 3. The van der Waals surface area contributed by atoms with Gasteiger partial charge in [-0.25, -0.2) is 0 Å². The number of fused-ring (bicyclic) bond motifs is 2. The number of hydrogen-bond donors (Lipinski definition) is 0. The number of halogens is 4. The lowest BCUT2D eigenvalue weighted by molar-refractivity contribution is -0.137. The van der Waals surface area contributed by atoms with Crippen LogP contribution in [0.4, 0.5) is 18.9 Å². The quantitative estimate of drug-likeness (QED) is 0.233. The molecule has 222 valence electrons. The maximum Gasteiger partial charge on any atom is 0.416 e. The molecule has 1 aromatic heterocycles. The molecule has 43 heavy (non-hydrogen) atoms. The first-order valence-electron chi connectivity index (χ1n) is 14.1. The van der Waals surface area contributed by atoms with Gasteiger partial charge in [0.2, 0.25) is 0 Å². The van der Waals surface area contributed by atoms with Crippen molar-refractivity contribution in [2.75, 3.05) is 44.2 Å². The molecular formula is C32H29ClF3N5O2. The van der Waals surface area contributed by atoms with Crippen molar-refractivity contribution >= 4 is 23.2 Å². The summed E-state index contributed by atoms with van der Waals surface area (Å²) in [6.45, 7) is 4.45. The Morgan fingerprint density at radius 1 is 0.837 bits per heavy atom. The van der Waals surface area contributed by atoms with Gasteiger partial charge < -0.3 is 14.5 Å². The summed E-state index contributed by atoms with van der Waals surface area (Å²) in [6, 6.07) is 25.6. The van der Waals surface area contributed by atoms with Crippen molar-refractivity contribution in [1.29, 1.82) is 0 Å². The summed E-state index contributed by atoms with van der Waals surface area (Å²) in [5, 5.41) is 7.52. The molecule has 1 fully saturated rings. The molecule has 0 aliphatic carbocycles. The molecule has 4 aromatic rings. The number of aromatic nitrogens is 2. The van der Waals surface area contributed by atoms with Crippen molar-refractivity contribution in [3.63, 3.8) is 0 Å². The minimum atomic E-state index is -4.57. The van der Waals surface area contributed by atoms with Crippen LogP contribution in [0.2, 0.25) is 5.15 Å². The topological polar surface area (TPSA) is 61.8 Å². The van der Waals surface area contributed by atoms with Gasteiger partial charge in [-0.2, -0.15) is 13.2 Å². The Balaban J connectivity index is 1.15. The lowest BCUT2D eigenvalue weighted by Crippen LogP contribution is -2.48. The Labute approximate surface area is 252 Å². The highest BCUT2D eigenvalue weighted by Crippen LogP contribution is 2.42. The third-order valence-corrected chi connectivity index (χ3v) is 8.03. The van der Waals surface area contributed by atoms with E-state index in [0.717, 1.165) is 44.9 Å². The summed E-state index contributed by atoms with van der Waals surface area (Å²) in [5.74, 6) is -0.747. The van der Waals surface area contributed by atoms with Crippen LogP contribution < -0.4 is 9.64 Å². The smallest absolute Gasteiger partial charge is 0.416 e. The third-order valence-electron chi connectivity index (χ3n) is 7.85. The third kappa shape index (κ3) is 6.36. The van der Waals surface area contributed by atoms with Gasteiger partial charge in [-0.3, -0.25) is 9.69 Å². The molecule has 0 bridgehead atoms. The van der Waals surface area contributed by atoms with Gasteiger partial charge in [0.05, 0.1) is 17.3 Å². The van der Waals surface area contributed by atoms with Crippen LogP contribution in [-0.4, -0.2) is 65.2 Å². The lowest BCUT2D eigenvalue weighted by atomic mass is 9.96. The van der Waals surface area contributed by atoms with Gasteiger partial charge in [0.25, 0.3) is 11.8 Å². The zero-order valence-corrected chi connectivity index (χ0v) is 23.9. The van der Waals surface area contributed by atoms with Crippen LogP contribution in [0, 0.1) is 0 Å². The first-order valence-corrected chi connectivity index (χ1v) is 14.5. The summed E-state index contributed by atoms with van der Waals surface area (Å²) in [4.78, 5) is 19.9. The van der Waals surface area contributed by atoms with Crippen molar-refractivity contribution in [3.05, 3.63) is 112 Å². The van der Waals surface area contributed by atoms with Crippen molar-refractivity contribution in [2.24, 2.45) is 0 Å². The molecule has 0 N–H and O–H groups in total. The molecule has 2 aliphatic heterocycles. The maximum absolute atomic E-state index is 13.6. The number of benzene rings is 3. The van der Waals surface area contributed by atoms with Gasteiger partial charge in [0.1, 0.15) is 5.56 Å². The lowest BCUT2D eigenvalue weighted by Gasteiger charge is -2.40. The predicted molar refractivity (Wildman–Crippen MR) is 158 cm³/mol. The molecular weight excluding hydrogens is 579 g/mol. The summed E-state index contributed by atoms with van der Waals surface area (Å²) in [5.41, 5.74) is 1.91. The van der Waals surface area contributed by atoms with E-state index in [1.165, 1.54) is 28.2 Å². The number of carbonyl (C=O) groups excluding carboxylic acids is 1. The van der Waals surface area contributed by atoms with Crippen molar-refractivity contribution < 1.29 is 22.7 Å². The van der Waals surface area contributed by atoms with E-state index in [4.69, 9.17) is 16.3 Å². The molecule has 11 heteroatoms. The molecule has 0 spiro atoms. The van der Waals surface area contributed by atoms with E-state index >= 15 is 0 Å². The standard InChI is InChI=1S/C32H29ClF3N5O2/c33-28-21-25-30(38-37-28)43-27-20-24(32(34,35)36)12-13-26(27)41(31(25)42)15-7-14-39-16-18-40(19-17-39)29(22-8-3-1-4-9-22)23-10-5-2-6-11-23/h1-6,8-13,20-21,29H,7,14-19H2. The molecule has 3 aromatic carbocycles.